The average molecular weight is 267 g/mol. The summed E-state index contributed by atoms with van der Waals surface area (Å²) in [5.41, 5.74) is 3.50. The maximum atomic E-state index is 8.75. The molecule has 0 amide bonds. The number of anilines is 2. The van der Waals surface area contributed by atoms with Gasteiger partial charge in [-0.2, -0.15) is 4.98 Å². The molecule has 0 unspecified atom stereocenters. The summed E-state index contributed by atoms with van der Waals surface area (Å²) in [5, 5.41) is 8.75. The van der Waals surface area contributed by atoms with E-state index in [-0.39, 0.29) is 12.7 Å². The minimum absolute atomic E-state index is 0.0801. The number of aromatic nitrogens is 2. The number of hydrazine groups is 1. The molecule has 106 valence electrons. The van der Waals surface area contributed by atoms with Crippen molar-refractivity contribution in [3.8, 4) is 0 Å². The zero-order valence-electron chi connectivity index (χ0n) is 11.2. The lowest BCUT2D eigenvalue weighted by molar-refractivity contribution is 0.0158. The number of piperidine rings is 1. The van der Waals surface area contributed by atoms with Gasteiger partial charge in [-0.3, -0.25) is 5.43 Å². The number of ether oxygens (including phenoxy) is 1. The van der Waals surface area contributed by atoms with Gasteiger partial charge in [0.1, 0.15) is 5.82 Å². The smallest absolute Gasteiger partial charge is 0.239 e. The number of nitrogens with two attached hydrogens (primary N) is 1. The van der Waals surface area contributed by atoms with E-state index in [1.165, 1.54) is 0 Å². The molecule has 1 aromatic heterocycles. The number of nitrogens with zero attached hydrogens (tertiary/aromatic N) is 3. The van der Waals surface area contributed by atoms with Gasteiger partial charge in [0.2, 0.25) is 5.95 Å². The number of hydrogen-bond donors (Lipinski definition) is 3. The second kappa shape index (κ2) is 6.65. The molecule has 1 saturated heterocycles. The van der Waals surface area contributed by atoms with Gasteiger partial charge in [0, 0.05) is 24.8 Å². The number of aliphatic hydroxyl groups is 1. The number of hydrogen-bond acceptors (Lipinski definition) is 7. The van der Waals surface area contributed by atoms with E-state index in [1.807, 2.05) is 6.92 Å². The third kappa shape index (κ3) is 3.52. The van der Waals surface area contributed by atoms with Gasteiger partial charge in [0.25, 0.3) is 0 Å². The van der Waals surface area contributed by atoms with Crippen LogP contribution in [0.5, 0.6) is 0 Å². The van der Waals surface area contributed by atoms with Crippen molar-refractivity contribution < 1.29 is 9.84 Å². The fraction of sp³-hybridized carbons (Fsp3) is 0.667. The van der Waals surface area contributed by atoms with Crippen LogP contribution in [0.4, 0.5) is 11.8 Å². The van der Waals surface area contributed by atoms with Gasteiger partial charge in [-0.15, -0.1) is 0 Å². The maximum Gasteiger partial charge on any atom is 0.239 e. The predicted molar refractivity (Wildman–Crippen MR) is 72.9 cm³/mol. The molecule has 0 bridgehead atoms. The molecule has 4 N–H and O–H groups in total. The number of aliphatic hydroxyl groups excluding tert-OH is 1. The Hall–Kier alpha value is -1.44. The van der Waals surface area contributed by atoms with Crippen molar-refractivity contribution in [2.45, 2.75) is 25.9 Å². The van der Waals surface area contributed by atoms with Crippen LogP contribution in [-0.4, -0.2) is 47.5 Å². The molecule has 1 aliphatic heterocycles. The zero-order valence-corrected chi connectivity index (χ0v) is 11.2. The normalized spacial score (nSPS) is 16.7. The first-order valence-electron chi connectivity index (χ1n) is 6.52. The average Bonchev–Trinajstić information content (AvgIpc) is 2.46. The van der Waals surface area contributed by atoms with E-state index >= 15 is 0 Å². The minimum atomic E-state index is 0.0801. The highest BCUT2D eigenvalue weighted by Crippen LogP contribution is 2.23. The molecule has 1 fully saturated rings. The molecule has 0 atom stereocenters. The largest absolute Gasteiger partial charge is 0.394 e. The molecule has 19 heavy (non-hydrogen) atoms. The van der Waals surface area contributed by atoms with Crippen LogP contribution in [0.2, 0.25) is 0 Å². The number of rotatable bonds is 5. The first kappa shape index (κ1) is 14.0. The van der Waals surface area contributed by atoms with Gasteiger partial charge < -0.3 is 14.7 Å². The summed E-state index contributed by atoms with van der Waals surface area (Å²) in [5.74, 6) is 6.69. The Labute approximate surface area is 112 Å². The lowest BCUT2D eigenvalue weighted by Crippen LogP contribution is -2.38. The topological polar surface area (TPSA) is 96.5 Å². The zero-order chi connectivity index (χ0) is 13.7. The van der Waals surface area contributed by atoms with Crippen molar-refractivity contribution in [2.24, 2.45) is 5.84 Å². The molecule has 7 nitrogen and oxygen atoms in total. The first-order chi connectivity index (χ1) is 9.24. The molecule has 0 spiro atoms. The Morgan fingerprint density at radius 3 is 2.89 bits per heavy atom. The molecule has 2 heterocycles. The SMILES string of the molecule is Cc1cnc(NN)nc1N1CCC(OCCO)CC1. The van der Waals surface area contributed by atoms with Crippen LogP contribution >= 0.6 is 0 Å². The quantitative estimate of drug-likeness (QED) is 0.512. The van der Waals surface area contributed by atoms with Crippen LogP contribution in [-0.2, 0) is 4.74 Å². The second-order valence-corrected chi connectivity index (χ2v) is 4.63. The number of nitrogens with one attached hydrogen (secondary N) is 1. The van der Waals surface area contributed by atoms with Crippen molar-refractivity contribution >= 4 is 11.8 Å². The third-order valence-electron chi connectivity index (χ3n) is 3.26. The highest BCUT2D eigenvalue weighted by atomic mass is 16.5. The van der Waals surface area contributed by atoms with E-state index < -0.39 is 0 Å². The van der Waals surface area contributed by atoms with Gasteiger partial charge >= 0.3 is 0 Å². The minimum Gasteiger partial charge on any atom is -0.394 e. The molecule has 0 saturated carbocycles. The Balaban J connectivity index is 1.97. The standard InChI is InChI=1S/C12H21N5O2/c1-9-8-14-12(16-13)15-11(9)17-4-2-10(3-5-17)19-7-6-18/h8,10,18H,2-7,13H2,1H3,(H,14,15,16). The van der Waals surface area contributed by atoms with Crippen molar-refractivity contribution in [2.75, 3.05) is 36.6 Å². The molecule has 2 rings (SSSR count). The van der Waals surface area contributed by atoms with Crippen molar-refractivity contribution in [3.05, 3.63) is 11.8 Å². The highest BCUT2D eigenvalue weighted by Gasteiger charge is 2.22. The summed E-state index contributed by atoms with van der Waals surface area (Å²) < 4.78 is 5.55. The van der Waals surface area contributed by atoms with Crippen molar-refractivity contribution in [1.82, 2.24) is 9.97 Å². The van der Waals surface area contributed by atoms with E-state index in [1.54, 1.807) is 6.20 Å². The molecular formula is C12H21N5O2. The Bertz CT molecular complexity index is 407. The van der Waals surface area contributed by atoms with Crippen LogP contribution in [0.15, 0.2) is 6.20 Å². The summed E-state index contributed by atoms with van der Waals surface area (Å²) in [4.78, 5) is 10.7. The van der Waals surface area contributed by atoms with Crippen molar-refractivity contribution in [3.63, 3.8) is 0 Å². The first-order valence-corrected chi connectivity index (χ1v) is 6.52. The summed E-state index contributed by atoms with van der Waals surface area (Å²) >= 11 is 0. The van der Waals surface area contributed by atoms with Gasteiger partial charge in [-0.05, 0) is 19.8 Å². The van der Waals surface area contributed by atoms with Crippen LogP contribution in [0.3, 0.4) is 0 Å². The Morgan fingerprint density at radius 1 is 1.53 bits per heavy atom. The molecular weight excluding hydrogens is 246 g/mol. The maximum absolute atomic E-state index is 8.75. The lowest BCUT2D eigenvalue weighted by Gasteiger charge is -2.33. The fourth-order valence-electron chi connectivity index (χ4n) is 2.28. The van der Waals surface area contributed by atoms with Gasteiger partial charge in [-0.1, -0.05) is 0 Å². The summed E-state index contributed by atoms with van der Waals surface area (Å²) in [7, 11) is 0. The second-order valence-electron chi connectivity index (χ2n) is 4.63. The monoisotopic (exact) mass is 267 g/mol. The van der Waals surface area contributed by atoms with Crippen molar-refractivity contribution in [1.29, 1.82) is 0 Å². The van der Waals surface area contributed by atoms with Gasteiger partial charge in [0.05, 0.1) is 19.3 Å². The van der Waals surface area contributed by atoms with E-state index in [0.717, 1.165) is 37.3 Å². The lowest BCUT2D eigenvalue weighted by atomic mass is 10.1. The summed E-state index contributed by atoms with van der Waals surface area (Å²) in [6, 6.07) is 0. The van der Waals surface area contributed by atoms with E-state index in [9.17, 15) is 0 Å². The van der Waals surface area contributed by atoms with Crippen LogP contribution in [0.25, 0.3) is 0 Å². The molecule has 1 aromatic rings. The predicted octanol–water partition coefficient (Wildman–Crippen LogP) is 0.0483. The van der Waals surface area contributed by atoms with Gasteiger partial charge in [-0.25, -0.2) is 10.8 Å². The number of aryl methyl sites for hydroxylation is 1. The summed E-state index contributed by atoms with van der Waals surface area (Å²) in [6.07, 6.45) is 3.88. The van der Waals surface area contributed by atoms with E-state index in [2.05, 4.69) is 20.3 Å². The van der Waals surface area contributed by atoms with Crippen LogP contribution < -0.4 is 16.2 Å². The number of nitrogen functional groups attached to an aromatic ring is 1. The van der Waals surface area contributed by atoms with Gasteiger partial charge in [0.15, 0.2) is 0 Å². The van der Waals surface area contributed by atoms with E-state index in [4.69, 9.17) is 15.7 Å². The Kier molecular flexibility index (Phi) is 4.89. The highest BCUT2D eigenvalue weighted by molar-refractivity contribution is 5.49. The molecule has 0 radical (unpaired) electrons. The third-order valence-corrected chi connectivity index (χ3v) is 3.26. The molecule has 1 aliphatic rings. The fourth-order valence-corrected chi connectivity index (χ4v) is 2.28. The van der Waals surface area contributed by atoms with E-state index in [0.29, 0.717) is 12.6 Å². The van der Waals surface area contributed by atoms with Crippen LogP contribution in [0, 0.1) is 6.92 Å². The summed E-state index contributed by atoms with van der Waals surface area (Å²) in [6.45, 7) is 4.26. The molecule has 0 aliphatic carbocycles. The Morgan fingerprint density at radius 2 is 2.26 bits per heavy atom. The molecule has 0 aromatic carbocycles. The molecule has 7 heteroatoms. The van der Waals surface area contributed by atoms with Crippen LogP contribution in [0.1, 0.15) is 18.4 Å².